The molecule has 2 heteroatoms. The minimum Gasteiger partial charge on any atom is -0.317 e. The smallest absolute Gasteiger partial charge is 0.00712 e. The van der Waals surface area contributed by atoms with Gasteiger partial charge in [0.2, 0.25) is 0 Å². The van der Waals surface area contributed by atoms with E-state index in [-0.39, 0.29) is 0 Å². The van der Waals surface area contributed by atoms with Gasteiger partial charge in [0, 0.05) is 5.25 Å². The van der Waals surface area contributed by atoms with Crippen LogP contribution in [0.25, 0.3) is 0 Å². The maximum atomic E-state index is 3.42. The Morgan fingerprint density at radius 3 is 2.42 bits per heavy atom. The monoisotopic (exact) mass is 185 g/mol. The fourth-order valence-corrected chi connectivity index (χ4v) is 3.34. The average molecular weight is 185 g/mol. The Kier molecular flexibility index (Phi) is 3.35. The molecule has 0 atom stereocenters. The predicted molar refractivity (Wildman–Crippen MR) is 55.7 cm³/mol. The normalized spacial score (nSPS) is 27.0. The van der Waals surface area contributed by atoms with Gasteiger partial charge in [0.05, 0.1) is 0 Å². The number of hydrogen-bond donors (Lipinski definition) is 1. The van der Waals surface area contributed by atoms with E-state index in [2.05, 4.69) is 17.1 Å². The van der Waals surface area contributed by atoms with Crippen LogP contribution in [0.1, 0.15) is 32.1 Å². The van der Waals surface area contributed by atoms with Gasteiger partial charge in [0.15, 0.2) is 0 Å². The van der Waals surface area contributed by atoms with Crippen molar-refractivity contribution in [1.82, 2.24) is 5.32 Å². The van der Waals surface area contributed by atoms with Gasteiger partial charge in [-0.1, -0.05) is 6.42 Å². The van der Waals surface area contributed by atoms with Crippen molar-refractivity contribution in [3.8, 4) is 0 Å². The van der Waals surface area contributed by atoms with Crippen molar-refractivity contribution in [1.29, 1.82) is 0 Å². The Hall–Kier alpha value is 0.310. The van der Waals surface area contributed by atoms with E-state index in [1.54, 1.807) is 0 Å². The first-order valence-corrected chi connectivity index (χ1v) is 6.32. The molecule has 0 aromatic carbocycles. The van der Waals surface area contributed by atoms with Crippen LogP contribution in [0.4, 0.5) is 0 Å². The highest BCUT2D eigenvalue weighted by Gasteiger charge is 2.20. The molecule has 0 aromatic rings. The topological polar surface area (TPSA) is 12.0 Å². The summed E-state index contributed by atoms with van der Waals surface area (Å²) >= 11 is 2.24. The Labute approximate surface area is 79.7 Å². The molecule has 0 amide bonds. The molecule has 1 heterocycles. The fraction of sp³-hybridized carbons (Fsp3) is 1.00. The molecule has 2 rings (SSSR count). The van der Waals surface area contributed by atoms with Crippen LogP contribution in [0.2, 0.25) is 0 Å². The van der Waals surface area contributed by atoms with Crippen molar-refractivity contribution in [2.75, 3.05) is 18.8 Å². The predicted octanol–water partition coefficient (Wildman–Crippen LogP) is 2.27. The Morgan fingerprint density at radius 1 is 1.08 bits per heavy atom. The van der Waals surface area contributed by atoms with Gasteiger partial charge in [0.25, 0.3) is 0 Å². The summed E-state index contributed by atoms with van der Waals surface area (Å²) in [7, 11) is 0. The van der Waals surface area contributed by atoms with Gasteiger partial charge in [-0.2, -0.15) is 11.8 Å². The standard InChI is InChI=1S/C10H19NS/c1-2-9(3-1)8-12-10-4-6-11-7-5-10/h9-11H,1-8H2. The molecule has 0 bridgehead atoms. The highest BCUT2D eigenvalue weighted by molar-refractivity contribution is 7.99. The van der Waals surface area contributed by atoms with Crippen molar-refractivity contribution in [2.24, 2.45) is 5.92 Å². The number of hydrogen-bond acceptors (Lipinski definition) is 2. The minimum absolute atomic E-state index is 0.979. The van der Waals surface area contributed by atoms with Crippen LogP contribution in [0, 0.1) is 5.92 Å². The maximum Gasteiger partial charge on any atom is 0.00712 e. The molecule has 1 nitrogen and oxygen atoms in total. The molecule has 12 heavy (non-hydrogen) atoms. The molecule has 1 aliphatic heterocycles. The highest BCUT2D eigenvalue weighted by atomic mass is 32.2. The largest absolute Gasteiger partial charge is 0.317 e. The lowest BCUT2D eigenvalue weighted by atomic mass is 9.87. The first-order chi connectivity index (χ1) is 5.95. The van der Waals surface area contributed by atoms with Gasteiger partial charge < -0.3 is 5.32 Å². The quantitative estimate of drug-likeness (QED) is 0.724. The van der Waals surface area contributed by atoms with Gasteiger partial charge in [-0.25, -0.2) is 0 Å². The third-order valence-corrected chi connectivity index (χ3v) is 4.69. The fourth-order valence-electron chi connectivity index (χ4n) is 1.89. The SMILES string of the molecule is C1CC(CSC2CCNCC2)C1. The molecule has 1 N–H and O–H groups in total. The zero-order valence-corrected chi connectivity index (χ0v) is 8.54. The summed E-state index contributed by atoms with van der Waals surface area (Å²) < 4.78 is 0. The summed E-state index contributed by atoms with van der Waals surface area (Å²) in [6.07, 6.45) is 7.32. The summed E-state index contributed by atoms with van der Waals surface area (Å²) in [5.41, 5.74) is 0. The van der Waals surface area contributed by atoms with Crippen molar-refractivity contribution < 1.29 is 0 Å². The third-order valence-electron chi connectivity index (χ3n) is 3.08. The van der Waals surface area contributed by atoms with Crippen LogP contribution < -0.4 is 5.32 Å². The lowest BCUT2D eigenvalue weighted by Crippen LogP contribution is -2.30. The number of thioether (sulfide) groups is 1. The lowest BCUT2D eigenvalue weighted by molar-refractivity contribution is 0.352. The summed E-state index contributed by atoms with van der Waals surface area (Å²) in [6, 6.07) is 0. The Morgan fingerprint density at radius 2 is 1.83 bits per heavy atom. The second kappa shape index (κ2) is 4.52. The molecule has 0 aromatic heterocycles. The van der Waals surface area contributed by atoms with Crippen LogP contribution in [-0.4, -0.2) is 24.1 Å². The number of rotatable bonds is 3. The van der Waals surface area contributed by atoms with Crippen molar-refractivity contribution in [2.45, 2.75) is 37.4 Å². The molecule has 0 unspecified atom stereocenters. The summed E-state index contributed by atoms with van der Waals surface area (Å²) in [4.78, 5) is 0. The van der Waals surface area contributed by atoms with Gasteiger partial charge >= 0.3 is 0 Å². The lowest BCUT2D eigenvalue weighted by Gasteiger charge is -2.28. The van der Waals surface area contributed by atoms with Crippen LogP contribution in [-0.2, 0) is 0 Å². The van der Waals surface area contributed by atoms with Crippen molar-refractivity contribution >= 4 is 11.8 Å². The zero-order valence-electron chi connectivity index (χ0n) is 7.72. The number of nitrogens with one attached hydrogen (secondary N) is 1. The molecule has 70 valence electrons. The third kappa shape index (κ3) is 2.40. The van der Waals surface area contributed by atoms with Crippen molar-refractivity contribution in [3.05, 3.63) is 0 Å². The van der Waals surface area contributed by atoms with E-state index >= 15 is 0 Å². The van der Waals surface area contributed by atoms with Gasteiger partial charge in [-0.15, -0.1) is 0 Å². The van der Waals surface area contributed by atoms with Crippen molar-refractivity contribution in [3.63, 3.8) is 0 Å². The molecule has 1 aliphatic carbocycles. The van der Waals surface area contributed by atoms with Gasteiger partial charge in [-0.3, -0.25) is 0 Å². The summed E-state index contributed by atoms with van der Waals surface area (Å²) in [6.45, 7) is 2.50. The molecule has 0 spiro atoms. The van der Waals surface area contributed by atoms with E-state index in [0.717, 1.165) is 11.2 Å². The van der Waals surface area contributed by atoms with Crippen LogP contribution in [0.15, 0.2) is 0 Å². The molecular formula is C10H19NS. The van der Waals surface area contributed by atoms with E-state index in [9.17, 15) is 0 Å². The van der Waals surface area contributed by atoms with Gasteiger partial charge in [0.1, 0.15) is 0 Å². The average Bonchev–Trinajstić information content (AvgIpc) is 2.04. The minimum atomic E-state index is 0.979. The first-order valence-electron chi connectivity index (χ1n) is 5.27. The molecule has 0 radical (unpaired) electrons. The molecule has 1 saturated carbocycles. The first kappa shape index (κ1) is 8.89. The molecular weight excluding hydrogens is 166 g/mol. The second-order valence-corrected chi connectivity index (χ2v) is 5.41. The maximum absolute atomic E-state index is 3.42. The number of piperidine rings is 1. The van der Waals surface area contributed by atoms with E-state index in [0.29, 0.717) is 0 Å². The highest BCUT2D eigenvalue weighted by Crippen LogP contribution is 2.32. The summed E-state index contributed by atoms with van der Waals surface area (Å²) in [5.74, 6) is 2.54. The van der Waals surface area contributed by atoms with Crippen LogP contribution in [0.5, 0.6) is 0 Å². The van der Waals surface area contributed by atoms with E-state index in [1.165, 1.54) is 50.9 Å². The second-order valence-electron chi connectivity index (χ2n) is 4.08. The summed E-state index contributed by atoms with van der Waals surface area (Å²) in [5, 5.41) is 4.40. The van der Waals surface area contributed by atoms with E-state index < -0.39 is 0 Å². The Balaban J connectivity index is 1.58. The molecule has 1 saturated heterocycles. The van der Waals surface area contributed by atoms with Crippen LogP contribution in [0.3, 0.4) is 0 Å². The van der Waals surface area contributed by atoms with Crippen LogP contribution >= 0.6 is 11.8 Å². The molecule has 2 aliphatic rings. The molecule has 2 fully saturated rings. The van der Waals surface area contributed by atoms with Gasteiger partial charge in [-0.05, 0) is 50.4 Å². The Bertz CT molecular complexity index is 128. The van der Waals surface area contributed by atoms with E-state index in [1.807, 2.05) is 0 Å². The zero-order chi connectivity index (χ0) is 8.23. The van der Waals surface area contributed by atoms with E-state index in [4.69, 9.17) is 0 Å².